The molecule has 62 valence electrons. The second-order valence-corrected chi connectivity index (χ2v) is 3.47. The van der Waals surface area contributed by atoms with Gasteiger partial charge in [-0.15, -0.1) is 12.3 Å². The highest BCUT2D eigenvalue weighted by Gasteiger charge is 2.19. The van der Waals surface area contributed by atoms with Crippen molar-refractivity contribution in [2.45, 2.75) is 44.6 Å². The van der Waals surface area contributed by atoms with Crippen LogP contribution in [0.4, 0.5) is 0 Å². The molecule has 1 aliphatic carbocycles. The Kier molecular flexibility index (Phi) is 3.45. The standard InChI is InChI=1S/C10H17N/c1-2-6-10(11)9-7-4-3-5-8-9/h1,9-10H,3-8,11H2. The molecule has 0 heterocycles. The maximum absolute atomic E-state index is 5.92. The molecule has 11 heavy (non-hydrogen) atoms. The average Bonchev–Trinajstić information content (AvgIpc) is 2.07. The molecule has 1 saturated carbocycles. The van der Waals surface area contributed by atoms with Crippen LogP contribution in [0.2, 0.25) is 0 Å². The molecule has 0 saturated heterocycles. The largest absolute Gasteiger partial charge is 0.327 e. The molecule has 2 N–H and O–H groups in total. The van der Waals surface area contributed by atoms with Crippen LogP contribution in [0.5, 0.6) is 0 Å². The minimum atomic E-state index is 0.264. The van der Waals surface area contributed by atoms with E-state index in [1.54, 1.807) is 0 Å². The first kappa shape index (κ1) is 8.62. The van der Waals surface area contributed by atoms with Crippen molar-refractivity contribution < 1.29 is 0 Å². The molecule has 0 aliphatic heterocycles. The van der Waals surface area contributed by atoms with Crippen LogP contribution in [0.15, 0.2) is 0 Å². The normalized spacial score (nSPS) is 22.5. The van der Waals surface area contributed by atoms with Crippen LogP contribution in [-0.4, -0.2) is 6.04 Å². The predicted molar refractivity (Wildman–Crippen MR) is 48.0 cm³/mol. The second-order valence-electron chi connectivity index (χ2n) is 3.47. The van der Waals surface area contributed by atoms with Gasteiger partial charge in [0.1, 0.15) is 0 Å². The summed E-state index contributed by atoms with van der Waals surface area (Å²) < 4.78 is 0. The summed E-state index contributed by atoms with van der Waals surface area (Å²) in [5, 5.41) is 0. The summed E-state index contributed by atoms with van der Waals surface area (Å²) in [7, 11) is 0. The Bertz CT molecular complexity index is 139. The Labute approximate surface area is 69.4 Å². The van der Waals surface area contributed by atoms with E-state index >= 15 is 0 Å². The van der Waals surface area contributed by atoms with Crippen molar-refractivity contribution in [2.24, 2.45) is 11.7 Å². The Morgan fingerprint density at radius 3 is 2.55 bits per heavy atom. The fourth-order valence-corrected chi connectivity index (χ4v) is 1.87. The number of hydrogen-bond donors (Lipinski definition) is 1. The van der Waals surface area contributed by atoms with Crippen molar-refractivity contribution in [3.8, 4) is 12.3 Å². The third-order valence-electron chi connectivity index (χ3n) is 2.61. The zero-order valence-electron chi connectivity index (χ0n) is 7.05. The lowest BCUT2D eigenvalue weighted by Crippen LogP contribution is -2.30. The van der Waals surface area contributed by atoms with Crippen molar-refractivity contribution in [2.75, 3.05) is 0 Å². The minimum Gasteiger partial charge on any atom is -0.327 e. The van der Waals surface area contributed by atoms with E-state index in [9.17, 15) is 0 Å². The predicted octanol–water partition coefficient (Wildman–Crippen LogP) is 1.92. The van der Waals surface area contributed by atoms with Gasteiger partial charge in [-0.2, -0.15) is 0 Å². The molecule has 1 fully saturated rings. The second kappa shape index (κ2) is 4.41. The zero-order chi connectivity index (χ0) is 8.10. The van der Waals surface area contributed by atoms with Crippen molar-refractivity contribution in [3.63, 3.8) is 0 Å². The smallest absolute Gasteiger partial charge is 0.0241 e. The fraction of sp³-hybridized carbons (Fsp3) is 0.800. The van der Waals surface area contributed by atoms with Gasteiger partial charge in [-0.3, -0.25) is 0 Å². The lowest BCUT2D eigenvalue weighted by molar-refractivity contribution is 0.307. The number of terminal acetylenes is 1. The molecular weight excluding hydrogens is 134 g/mol. The van der Waals surface area contributed by atoms with Gasteiger partial charge in [-0.05, 0) is 18.8 Å². The molecule has 0 aromatic rings. The Morgan fingerprint density at radius 2 is 2.00 bits per heavy atom. The first-order valence-corrected chi connectivity index (χ1v) is 4.53. The number of nitrogens with two attached hydrogens (primary N) is 1. The topological polar surface area (TPSA) is 26.0 Å². The van der Waals surface area contributed by atoms with Crippen molar-refractivity contribution in [3.05, 3.63) is 0 Å². The number of hydrogen-bond acceptors (Lipinski definition) is 1. The van der Waals surface area contributed by atoms with E-state index in [4.69, 9.17) is 12.2 Å². The van der Waals surface area contributed by atoms with E-state index in [0.29, 0.717) is 5.92 Å². The first-order chi connectivity index (χ1) is 5.34. The fourth-order valence-electron chi connectivity index (χ4n) is 1.87. The van der Waals surface area contributed by atoms with Crippen molar-refractivity contribution in [1.29, 1.82) is 0 Å². The van der Waals surface area contributed by atoms with E-state index in [2.05, 4.69) is 5.92 Å². The summed E-state index contributed by atoms with van der Waals surface area (Å²) in [6.45, 7) is 0. The molecule has 0 radical (unpaired) electrons. The van der Waals surface area contributed by atoms with Gasteiger partial charge in [-0.25, -0.2) is 0 Å². The van der Waals surface area contributed by atoms with Crippen LogP contribution >= 0.6 is 0 Å². The Balaban J connectivity index is 2.27. The van der Waals surface area contributed by atoms with E-state index in [1.165, 1.54) is 32.1 Å². The van der Waals surface area contributed by atoms with Gasteiger partial charge < -0.3 is 5.73 Å². The maximum atomic E-state index is 5.92. The number of rotatable bonds is 2. The monoisotopic (exact) mass is 151 g/mol. The van der Waals surface area contributed by atoms with Crippen molar-refractivity contribution >= 4 is 0 Å². The highest BCUT2D eigenvalue weighted by molar-refractivity contribution is 4.91. The SMILES string of the molecule is C#CCC(N)C1CCCCC1. The van der Waals surface area contributed by atoms with Gasteiger partial charge in [0, 0.05) is 12.5 Å². The molecule has 1 aliphatic rings. The molecule has 1 nitrogen and oxygen atoms in total. The molecule has 1 rings (SSSR count). The van der Waals surface area contributed by atoms with E-state index < -0.39 is 0 Å². The summed E-state index contributed by atoms with van der Waals surface area (Å²) in [6, 6.07) is 0.264. The maximum Gasteiger partial charge on any atom is 0.0241 e. The van der Waals surface area contributed by atoms with Crippen LogP contribution in [0.3, 0.4) is 0 Å². The van der Waals surface area contributed by atoms with Gasteiger partial charge in [0.25, 0.3) is 0 Å². The van der Waals surface area contributed by atoms with Crippen molar-refractivity contribution in [1.82, 2.24) is 0 Å². The Morgan fingerprint density at radius 1 is 1.36 bits per heavy atom. The molecule has 0 amide bonds. The van der Waals surface area contributed by atoms with Gasteiger partial charge >= 0.3 is 0 Å². The Hall–Kier alpha value is -0.480. The lowest BCUT2D eigenvalue weighted by Gasteiger charge is -2.26. The summed E-state index contributed by atoms with van der Waals surface area (Å²) in [5.74, 6) is 3.35. The van der Waals surface area contributed by atoms with Gasteiger partial charge in [0.15, 0.2) is 0 Å². The van der Waals surface area contributed by atoms with Crippen LogP contribution in [0, 0.1) is 18.3 Å². The molecule has 0 aromatic carbocycles. The molecular formula is C10H17N. The van der Waals surface area contributed by atoms with Gasteiger partial charge in [0.05, 0.1) is 0 Å². The molecule has 0 spiro atoms. The quantitative estimate of drug-likeness (QED) is 0.599. The van der Waals surface area contributed by atoms with Gasteiger partial charge in [0.2, 0.25) is 0 Å². The third kappa shape index (κ3) is 2.55. The highest BCUT2D eigenvalue weighted by Crippen LogP contribution is 2.26. The summed E-state index contributed by atoms with van der Waals surface area (Å²) >= 11 is 0. The summed E-state index contributed by atoms with van der Waals surface area (Å²) in [4.78, 5) is 0. The van der Waals surface area contributed by atoms with E-state index in [1.807, 2.05) is 0 Å². The van der Waals surface area contributed by atoms with E-state index in [-0.39, 0.29) is 6.04 Å². The zero-order valence-corrected chi connectivity index (χ0v) is 7.05. The van der Waals surface area contributed by atoms with Gasteiger partial charge in [-0.1, -0.05) is 19.3 Å². The average molecular weight is 151 g/mol. The van der Waals surface area contributed by atoms with Crippen LogP contribution in [-0.2, 0) is 0 Å². The molecule has 0 bridgehead atoms. The first-order valence-electron chi connectivity index (χ1n) is 4.53. The lowest BCUT2D eigenvalue weighted by atomic mass is 9.83. The highest BCUT2D eigenvalue weighted by atomic mass is 14.6. The molecule has 1 unspecified atom stereocenters. The van der Waals surface area contributed by atoms with Crippen LogP contribution < -0.4 is 5.73 Å². The van der Waals surface area contributed by atoms with E-state index in [0.717, 1.165) is 6.42 Å². The summed E-state index contributed by atoms with van der Waals surface area (Å²) in [5.41, 5.74) is 5.92. The molecule has 0 aromatic heterocycles. The summed E-state index contributed by atoms with van der Waals surface area (Å²) in [6.07, 6.45) is 12.6. The molecule has 1 atom stereocenters. The van der Waals surface area contributed by atoms with Crippen LogP contribution in [0.1, 0.15) is 38.5 Å². The van der Waals surface area contributed by atoms with Crippen LogP contribution in [0.25, 0.3) is 0 Å². The molecule has 1 heteroatoms. The minimum absolute atomic E-state index is 0.264. The third-order valence-corrected chi connectivity index (χ3v) is 2.61.